The molecule has 0 aliphatic carbocycles. The van der Waals surface area contributed by atoms with Crippen LogP contribution in [0.3, 0.4) is 0 Å². The maximum absolute atomic E-state index is 11.3. The van der Waals surface area contributed by atoms with E-state index in [2.05, 4.69) is 10.6 Å². The van der Waals surface area contributed by atoms with Crippen molar-refractivity contribution in [1.82, 2.24) is 0 Å². The Morgan fingerprint density at radius 1 is 0.794 bits per heavy atom. The molecule has 0 spiro atoms. The molecule has 7 N–H and O–H groups in total. The summed E-state index contributed by atoms with van der Waals surface area (Å²) in [6.45, 7) is 3.82. The smallest absolute Gasteiger partial charge is 0.133 e. The molecular formula is C27H30N2O5. The zero-order valence-corrected chi connectivity index (χ0v) is 19.2. The van der Waals surface area contributed by atoms with Gasteiger partial charge in [-0.15, -0.1) is 0 Å². The van der Waals surface area contributed by atoms with Crippen molar-refractivity contribution < 1.29 is 25.5 Å². The Bertz CT molecular complexity index is 1330. The van der Waals surface area contributed by atoms with Gasteiger partial charge in [-0.05, 0) is 55.7 Å². The van der Waals surface area contributed by atoms with Crippen LogP contribution in [0.1, 0.15) is 25.8 Å². The summed E-state index contributed by atoms with van der Waals surface area (Å²) in [5.41, 5.74) is 1.82. The lowest BCUT2D eigenvalue weighted by Gasteiger charge is -2.23. The molecule has 7 heteroatoms. The van der Waals surface area contributed by atoms with Gasteiger partial charge in [-0.25, -0.2) is 0 Å². The molecule has 4 aromatic rings. The fourth-order valence-corrected chi connectivity index (χ4v) is 4.38. The number of benzene rings is 4. The maximum Gasteiger partial charge on any atom is 0.133 e. The van der Waals surface area contributed by atoms with Gasteiger partial charge in [0.05, 0.1) is 17.4 Å². The van der Waals surface area contributed by atoms with Gasteiger partial charge in [0, 0.05) is 34.2 Å². The SMILES string of the molecule is CCC(CO)Nc1ccc(NC(C)Cc2cc(O)ccc2O)c2c(O)c3ccccc3c(O)c12. The molecule has 178 valence electrons. The van der Waals surface area contributed by atoms with E-state index in [1.807, 2.05) is 26.0 Å². The molecule has 0 aliphatic rings. The average molecular weight is 463 g/mol. The number of aromatic hydroxyl groups is 4. The standard InChI is InChI=1S/C27H30N2O5/c1-3-17(14-30)29-22-10-9-21(28-15(2)12-16-13-18(31)8-11-23(16)32)24-25(22)27(34)20-7-5-4-6-19(20)26(24)33/h4-11,13,15,17,28-34H,3,12,14H2,1-2H3. The number of aliphatic hydroxyl groups is 1. The number of nitrogens with one attached hydrogen (secondary N) is 2. The van der Waals surface area contributed by atoms with E-state index >= 15 is 0 Å². The summed E-state index contributed by atoms with van der Waals surface area (Å²) >= 11 is 0. The van der Waals surface area contributed by atoms with Crippen LogP contribution in [0.5, 0.6) is 23.0 Å². The van der Waals surface area contributed by atoms with Gasteiger partial charge in [-0.2, -0.15) is 0 Å². The largest absolute Gasteiger partial charge is 0.508 e. The number of hydrogen-bond acceptors (Lipinski definition) is 7. The minimum absolute atomic E-state index is 0.0407. The number of rotatable bonds is 8. The van der Waals surface area contributed by atoms with Crippen molar-refractivity contribution in [2.45, 2.75) is 38.8 Å². The molecular weight excluding hydrogens is 432 g/mol. The predicted molar refractivity (Wildman–Crippen MR) is 136 cm³/mol. The topological polar surface area (TPSA) is 125 Å². The predicted octanol–water partition coefficient (Wildman–Crippen LogP) is 5.04. The van der Waals surface area contributed by atoms with E-state index in [-0.39, 0.29) is 41.7 Å². The van der Waals surface area contributed by atoms with E-state index in [0.29, 0.717) is 51.3 Å². The third kappa shape index (κ3) is 4.34. The van der Waals surface area contributed by atoms with E-state index in [0.717, 1.165) is 0 Å². The quantitative estimate of drug-likeness (QED) is 0.144. The average Bonchev–Trinajstić information content (AvgIpc) is 2.83. The minimum Gasteiger partial charge on any atom is -0.508 e. The molecule has 0 heterocycles. The van der Waals surface area contributed by atoms with Crippen molar-refractivity contribution in [2.75, 3.05) is 17.2 Å². The van der Waals surface area contributed by atoms with E-state index in [1.165, 1.54) is 18.2 Å². The van der Waals surface area contributed by atoms with Crippen LogP contribution in [-0.2, 0) is 6.42 Å². The van der Waals surface area contributed by atoms with Crippen LogP contribution in [0.25, 0.3) is 21.5 Å². The number of hydrogen-bond donors (Lipinski definition) is 7. The zero-order valence-electron chi connectivity index (χ0n) is 19.2. The lowest BCUT2D eigenvalue weighted by molar-refractivity contribution is 0.272. The first-order valence-corrected chi connectivity index (χ1v) is 11.4. The summed E-state index contributed by atoms with van der Waals surface area (Å²) in [6, 6.07) is 14.8. The van der Waals surface area contributed by atoms with Gasteiger partial charge < -0.3 is 36.2 Å². The zero-order chi connectivity index (χ0) is 24.4. The number of aliphatic hydroxyl groups excluding tert-OH is 1. The molecule has 2 atom stereocenters. The number of phenolic OH excluding ortho intramolecular Hbond substituents is 4. The van der Waals surface area contributed by atoms with Gasteiger partial charge in [-0.3, -0.25) is 0 Å². The molecule has 0 bridgehead atoms. The van der Waals surface area contributed by atoms with E-state index in [9.17, 15) is 25.5 Å². The summed E-state index contributed by atoms with van der Waals surface area (Å²) < 4.78 is 0. The molecule has 0 saturated heterocycles. The van der Waals surface area contributed by atoms with Gasteiger partial charge in [0.25, 0.3) is 0 Å². The summed E-state index contributed by atoms with van der Waals surface area (Å²) in [5.74, 6) is 0.251. The molecule has 2 unspecified atom stereocenters. The van der Waals surface area contributed by atoms with Crippen LogP contribution in [-0.4, -0.2) is 44.2 Å². The van der Waals surface area contributed by atoms with Crippen molar-refractivity contribution in [3.63, 3.8) is 0 Å². The number of anilines is 2. The Morgan fingerprint density at radius 3 is 1.94 bits per heavy atom. The molecule has 0 aliphatic heterocycles. The second-order valence-electron chi connectivity index (χ2n) is 8.65. The van der Waals surface area contributed by atoms with Gasteiger partial charge in [0.15, 0.2) is 0 Å². The van der Waals surface area contributed by atoms with Crippen LogP contribution in [0.15, 0.2) is 54.6 Å². The lowest BCUT2D eigenvalue weighted by atomic mass is 9.97. The molecule has 4 rings (SSSR count). The highest BCUT2D eigenvalue weighted by molar-refractivity contribution is 6.18. The van der Waals surface area contributed by atoms with Gasteiger partial charge >= 0.3 is 0 Å². The Morgan fingerprint density at radius 2 is 1.38 bits per heavy atom. The van der Waals surface area contributed by atoms with Crippen molar-refractivity contribution in [1.29, 1.82) is 0 Å². The maximum atomic E-state index is 11.3. The van der Waals surface area contributed by atoms with Crippen molar-refractivity contribution in [3.05, 3.63) is 60.2 Å². The lowest BCUT2D eigenvalue weighted by Crippen LogP contribution is -2.23. The monoisotopic (exact) mass is 462 g/mol. The summed E-state index contributed by atoms with van der Waals surface area (Å²) in [7, 11) is 0. The molecule has 0 saturated carbocycles. The molecule has 0 fully saturated rings. The first kappa shape index (κ1) is 23.3. The third-order valence-electron chi connectivity index (χ3n) is 6.18. The first-order chi connectivity index (χ1) is 16.3. The van der Waals surface area contributed by atoms with Gasteiger partial charge in [-0.1, -0.05) is 31.2 Å². The Hall–Kier alpha value is -3.84. The fourth-order valence-electron chi connectivity index (χ4n) is 4.38. The Balaban J connectivity index is 1.83. The molecule has 7 nitrogen and oxygen atoms in total. The fraction of sp³-hybridized carbons (Fsp3) is 0.259. The molecule has 0 radical (unpaired) electrons. The molecule has 0 aromatic heterocycles. The van der Waals surface area contributed by atoms with E-state index < -0.39 is 0 Å². The van der Waals surface area contributed by atoms with Crippen LogP contribution in [0.4, 0.5) is 11.4 Å². The molecule has 34 heavy (non-hydrogen) atoms. The number of phenols is 4. The first-order valence-electron chi connectivity index (χ1n) is 11.4. The number of fused-ring (bicyclic) bond motifs is 2. The Labute approximate surface area is 197 Å². The molecule has 0 amide bonds. The van der Waals surface area contributed by atoms with Crippen LogP contribution in [0.2, 0.25) is 0 Å². The van der Waals surface area contributed by atoms with Gasteiger partial charge in [0.1, 0.15) is 23.0 Å². The highest BCUT2D eigenvalue weighted by atomic mass is 16.3. The van der Waals surface area contributed by atoms with Crippen molar-refractivity contribution in [2.24, 2.45) is 0 Å². The van der Waals surface area contributed by atoms with Crippen molar-refractivity contribution >= 4 is 32.9 Å². The second kappa shape index (κ2) is 9.57. The summed E-state index contributed by atoms with van der Waals surface area (Å²) in [4.78, 5) is 0. The molecule has 4 aromatic carbocycles. The van der Waals surface area contributed by atoms with Crippen LogP contribution >= 0.6 is 0 Å². The minimum atomic E-state index is -0.206. The highest BCUT2D eigenvalue weighted by Crippen LogP contribution is 2.47. The van der Waals surface area contributed by atoms with Gasteiger partial charge in [0.2, 0.25) is 0 Å². The van der Waals surface area contributed by atoms with Crippen LogP contribution in [0, 0.1) is 0 Å². The summed E-state index contributed by atoms with van der Waals surface area (Å²) in [5, 5.41) is 60.7. The third-order valence-corrected chi connectivity index (χ3v) is 6.18. The normalized spacial score (nSPS) is 13.1. The van der Waals surface area contributed by atoms with Crippen LogP contribution < -0.4 is 10.6 Å². The van der Waals surface area contributed by atoms with E-state index in [1.54, 1.807) is 24.3 Å². The Kier molecular flexibility index (Phi) is 6.56. The van der Waals surface area contributed by atoms with Crippen molar-refractivity contribution in [3.8, 4) is 23.0 Å². The summed E-state index contributed by atoms with van der Waals surface area (Å²) in [6.07, 6.45) is 1.10. The van der Waals surface area contributed by atoms with E-state index in [4.69, 9.17) is 0 Å². The highest BCUT2D eigenvalue weighted by Gasteiger charge is 2.21. The second-order valence-corrected chi connectivity index (χ2v) is 8.65.